The molecule has 2 N–H and O–H groups in total. The molecule has 1 aliphatic heterocycles. The molecule has 2 heterocycles. The van der Waals surface area contributed by atoms with Crippen LogP contribution in [0.25, 0.3) is 0 Å². The highest BCUT2D eigenvalue weighted by molar-refractivity contribution is 5.62. The van der Waals surface area contributed by atoms with E-state index in [1.54, 1.807) is 18.7 Å². The van der Waals surface area contributed by atoms with Crippen molar-refractivity contribution in [3.05, 3.63) is 15.8 Å². The maximum atomic E-state index is 11.3. The van der Waals surface area contributed by atoms with E-state index >= 15 is 0 Å². The molecule has 0 bridgehead atoms. The summed E-state index contributed by atoms with van der Waals surface area (Å²) in [6.45, 7) is 5.15. The maximum Gasteiger partial charge on any atom is 0.333 e. The number of rotatable bonds is 3. The Balaban J connectivity index is 2.42. The average molecular weight is 267 g/mol. The van der Waals surface area contributed by atoms with E-state index in [0.717, 1.165) is 19.4 Å². The predicted octanol–water partition coefficient (Wildman–Crippen LogP) is 1.20. The fourth-order valence-corrected chi connectivity index (χ4v) is 2.84. The second kappa shape index (κ2) is 5.16. The number of piperidine rings is 1. The van der Waals surface area contributed by atoms with Crippen molar-refractivity contribution in [1.82, 2.24) is 9.78 Å². The van der Waals surface area contributed by atoms with Gasteiger partial charge in [-0.25, -0.2) is 4.68 Å². The lowest BCUT2D eigenvalue weighted by Crippen LogP contribution is -2.45. The summed E-state index contributed by atoms with van der Waals surface area (Å²) in [4.78, 5) is 13.0. The highest BCUT2D eigenvalue weighted by Gasteiger charge is 2.34. The van der Waals surface area contributed by atoms with Crippen molar-refractivity contribution in [2.75, 3.05) is 18.0 Å². The van der Waals surface area contributed by atoms with Gasteiger partial charge in [-0.3, -0.25) is 10.1 Å². The summed E-state index contributed by atoms with van der Waals surface area (Å²) in [5.74, 6) is 0.999. The normalized spacial score (nSPS) is 23.7. The minimum Gasteiger partial charge on any atom is -0.348 e. The Morgan fingerprint density at radius 2 is 2.21 bits per heavy atom. The van der Waals surface area contributed by atoms with Crippen LogP contribution in [0.2, 0.25) is 0 Å². The SMILES string of the molecule is Cc1nn(C)c(N2CC(CN)CCC2C)c1[N+](=O)[O-]. The Kier molecular flexibility index (Phi) is 3.75. The van der Waals surface area contributed by atoms with Gasteiger partial charge in [-0.1, -0.05) is 0 Å². The second-order valence-corrected chi connectivity index (χ2v) is 5.32. The van der Waals surface area contributed by atoms with Gasteiger partial charge in [0.05, 0.1) is 4.92 Å². The highest BCUT2D eigenvalue weighted by atomic mass is 16.6. The third-order valence-corrected chi connectivity index (χ3v) is 3.93. The number of nitrogens with two attached hydrogens (primary N) is 1. The Hall–Kier alpha value is -1.63. The van der Waals surface area contributed by atoms with Gasteiger partial charge in [-0.05, 0) is 39.2 Å². The summed E-state index contributed by atoms with van der Waals surface area (Å²) in [6.07, 6.45) is 2.09. The number of anilines is 1. The Labute approximate surface area is 112 Å². The Morgan fingerprint density at radius 3 is 2.79 bits per heavy atom. The fraction of sp³-hybridized carbons (Fsp3) is 0.750. The van der Waals surface area contributed by atoms with Crippen LogP contribution in [0.4, 0.5) is 11.5 Å². The van der Waals surface area contributed by atoms with E-state index in [-0.39, 0.29) is 16.7 Å². The van der Waals surface area contributed by atoms with Crippen molar-refractivity contribution in [2.24, 2.45) is 18.7 Å². The average Bonchev–Trinajstić information content (AvgIpc) is 2.65. The van der Waals surface area contributed by atoms with Crippen LogP contribution in [-0.2, 0) is 7.05 Å². The topological polar surface area (TPSA) is 90.2 Å². The first-order chi connectivity index (χ1) is 8.95. The number of hydrogen-bond donors (Lipinski definition) is 1. The third-order valence-electron chi connectivity index (χ3n) is 3.93. The summed E-state index contributed by atoms with van der Waals surface area (Å²) in [5.41, 5.74) is 6.33. The summed E-state index contributed by atoms with van der Waals surface area (Å²) >= 11 is 0. The van der Waals surface area contributed by atoms with E-state index in [0.29, 0.717) is 24.0 Å². The van der Waals surface area contributed by atoms with Crippen molar-refractivity contribution in [2.45, 2.75) is 32.7 Å². The first-order valence-electron chi connectivity index (χ1n) is 6.60. The lowest BCUT2D eigenvalue weighted by Gasteiger charge is -2.38. The van der Waals surface area contributed by atoms with Crippen molar-refractivity contribution >= 4 is 11.5 Å². The van der Waals surface area contributed by atoms with Gasteiger partial charge in [0.25, 0.3) is 0 Å². The molecule has 0 radical (unpaired) electrons. The smallest absolute Gasteiger partial charge is 0.333 e. The van der Waals surface area contributed by atoms with Crippen molar-refractivity contribution in [3.8, 4) is 0 Å². The number of aryl methyl sites for hydroxylation is 2. The molecule has 0 aromatic carbocycles. The molecule has 2 rings (SSSR count). The molecule has 0 aliphatic carbocycles. The molecule has 106 valence electrons. The molecule has 2 atom stereocenters. The number of aromatic nitrogens is 2. The van der Waals surface area contributed by atoms with Crippen LogP contribution in [-0.4, -0.2) is 33.8 Å². The molecule has 1 aromatic rings. The van der Waals surface area contributed by atoms with Gasteiger partial charge < -0.3 is 10.6 Å². The molecule has 1 saturated heterocycles. The van der Waals surface area contributed by atoms with E-state index in [9.17, 15) is 10.1 Å². The van der Waals surface area contributed by atoms with E-state index < -0.39 is 0 Å². The van der Waals surface area contributed by atoms with Crippen LogP contribution in [0, 0.1) is 23.0 Å². The number of nitro groups is 1. The van der Waals surface area contributed by atoms with Gasteiger partial charge in [-0.2, -0.15) is 5.10 Å². The van der Waals surface area contributed by atoms with E-state index in [1.807, 2.05) is 0 Å². The number of nitrogens with zero attached hydrogens (tertiary/aromatic N) is 4. The van der Waals surface area contributed by atoms with Gasteiger partial charge >= 0.3 is 5.69 Å². The first-order valence-corrected chi connectivity index (χ1v) is 6.60. The molecule has 7 heteroatoms. The summed E-state index contributed by atoms with van der Waals surface area (Å²) in [6, 6.07) is 0.274. The monoisotopic (exact) mass is 267 g/mol. The summed E-state index contributed by atoms with van der Waals surface area (Å²) in [7, 11) is 1.76. The van der Waals surface area contributed by atoms with Crippen LogP contribution < -0.4 is 10.6 Å². The zero-order chi connectivity index (χ0) is 14.2. The molecule has 0 saturated carbocycles. The largest absolute Gasteiger partial charge is 0.348 e. The van der Waals surface area contributed by atoms with Crippen LogP contribution in [0.3, 0.4) is 0 Å². The zero-order valence-corrected chi connectivity index (χ0v) is 11.7. The third kappa shape index (κ3) is 2.42. The zero-order valence-electron chi connectivity index (χ0n) is 11.7. The van der Waals surface area contributed by atoms with Gasteiger partial charge in [-0.15, -0.1) is 0 Å². The van der Waals surface area contributed by atoms with Crippen LogP contribution in [0.5, 0.6) is 0 Å². The lowest BCUT2D eigenvalue weighted by molar-refractivity contribution is -0.384. The second-order valence-electron chi connectivity index (χ2n) is 5.32. The molecule has 1 fully saturated rings. The minimum atomic E-state index is -0.337. The van der Waals surface area contributed by atoms with E-state index in [4.69, 9.17) is 5.73 Å². The molecule has 1 aliphatic rings. The fourth-order valence-electron chi connectivity index (χ4n) is 2.84. The van der Waals surface area contributed by atoms with Crippen LogP contribution in [0.15, 0.2) is 0 Å². The molecule has 0 spiro atoms. The van der Waals surface area contributed by atoms with Gasteiger partial charge in [0.15, 0.2) is 0 Å². The van der Waals surface area contributed by atoms with Gasteiger partial charge in [0, 0.05) is 19.6 Å². The number of hydrogen-bond acceptors (Lipinski definition) is 5. The first kappa shape index (κ1) is 13.8. The quantitative estimate of drug-likeness (QED) is 0.656. The molecule has 2 unspecified atom stereocenters. The van der Waals surface area contributed by atoms with Crippen LogP contribution in [0.1, 0.15) is 25.5 Å². The molecular formula is C12H21N5O2. The molecule has 1 aromatic heterocycles. The van der Waals surface area contributed by atoms with Gasteiger partial charge in [0.1, 0.15) is 5.69 Å². The Morgan fingerprint density at radius 1 is 1.53 bits per heavy atom. The van der Waals surface area contributed by atoms with E-state index in [1.165, 1.54) is 0 Å². The summed E-state index contributed by atoms with van der Waals surface area (Å²) in [5, 5.41) is 15.5. The molecule has 19 heavy (non-hydrogen) atoms. The Bertz CT molecular complexity index is 485. The predicted molar refractivity (Wildman–Crippen MR) is 73.2 cm³/mol. The highest BCUT2D eigenvalue weighted by Crippen LogP contribution is 2.35. The molecular weight excluding hydrogens is 246 g/mol. The standard InChI is InChI=1S/C12H21N5O2/c1-8-4-5-10(6-13)7-16(8)12-11(17(18)19)9(2)14-15(12)3/h8,10H,4-7,13H2,1-3H3. The van der Waals surface area contributed by atoms with Crippen molar-refractivity contribution in [3.63, 3.8) is 0 Å². The molecule has 7 nitrogen and oxygen atoms in total. The lowest BCUT2D eigenvalue weighted by atomic mass is 9.93. The van der Waals surface area contributed by atoms with Crippen LogP contribution >= 0.6 is 0 Å². The van der Waals surface area contributed by atoms with Gasteiger partial charge in [0.2, 0.25) is 5.82 Å². The minimum absolute atomic E-state index is 0.118. The van der Waals surface area contributed by atoms with E-state index in [2.05, 4.69) is 16.9 Å². The maximum absolute atomic E-state index is 11.3. The van der Waals surface area contributed by atoms with Crippen molar-refractivity contribution < 1.29 is 4.92 Å². The summed E-state index contributed by atoms with van der Waals surface area (Å²) < 4.78 is 1.61. The molecule has 0 amide bonds. The van der Waals surface area contributed by atoms with Crippen molar-refractivity contribution in [1.29, 1.82) is 0 Å².